The molecule has 0 aliphatic carbocycles. The Labute approximate surface area is 324 Å². The van der Waals surface area contributed by atoms with Gasteiger partial charge in [-0.1, -0.05) is 72.3 Å². The molecule has 5 N–H and O–H groups in total. The van der Waals surface area contributed by atoms with Crippen molar-refractivity contribution in [1.82, 2.24) is 0 Å². The number of phenolic OH excluding ortho intramolecular Hbond substituents is 1. The van der Waals surface area contributed by atoms with Crippen LogP contribution < -0.4 is 19.6 Å². The molecule has 8 atom stereocenters. The summed E-state index contributed by atoms with van der Waals surface area (Å²) >= 11 is 0. The highest BCUT2D eigenvalue weighted by molar-refractivity contribution is 5.88. The lowest BCUT2D eigenvalue weighted by atomic mass is 9.91. The van der Waals surface area contributed by atoms with E-state index in [4.69, 9.17) is 28.1 Å². The molecule has 4 rings (SSSR count). The molecule has 3 aromatic rings. The van der Waals surface area contributed by atoms with Gasteiger partial charge in [0.1, 0.15) is 46.9 Å². The average molecular weight is 771 g/mol. The predicted octanol–water partition coefficient (Wildman–Crippen LogP) is 7.48. The minimum absolute atomic E-state index is 0.0778. The van der Waals surface area contributed by atoms with E-state index in [0.717, 1.165) is 36.3 Å². The summed E-state index contributed by atoms with van der Waals surface area (Å²) in [5, 5.41) is 54.2. The summed E-state index contributed by atoms with van der Waals surface area (Å²) in [6.07, 6.45) is 3.79. The van der Waals surface area contributed by atoms with Gasteiger partial charge in [-0.3, -0.25) is 4.79 Å². The Kier molecular flexibility index (Phi) is 16.3. The second-order valence-electron chi connectivity index (χ2n) is 15.5. The van der Waals surface area contributed by atoms with Crippen LogP contribution in [-0.2, 0) is 9.47 Å². The zero-order valence-corrected chi connectivity index (χ0v) is 33.6. The number of fused-ring (bicyclic) bond motifs is 1. The summed E-state index contributed by atoms with van der Waals surface area (Å²) in [5.74, 6) is 1.14. The molecule has 1 aliphatic heterocycles. The minimum Gasteiger partial charge on any atom is -0.507 e. The zero-order chi connectivity index (χ0) is 40.4. The zero-order valence-electron chi connectivity index (χ0n) is 33.6. The predicted molar refractivity (Wildman–Crippen MR) is 211 cm³/mol. The summed E-state index contributed by atoms with van der Waals surface area (Å²) in [5.41, 5.74) is 0.240. The number of rotatable bonds is 20. The standard InChI is InChI=1S/C43H62O12/c1-9-27(6)31(18-16-26(5)15-11-14-25(4)13-10-12-24(2)3)53-42-35(23-44)55-43(40(49)39(42)48)52-29-21-30(45)36-34(22-29)54-41(38(47)37(36)46)28-17-19-32(50-7)33(20-28)51-8/h9,17,19-22,24-26,31,35,39-40,42-45,47-49H,10-16,18,23H2,1-8H3/b27-9+/t25?,26?,31-,35?,39?,40?,42?,43?/m1/s1. The average Bonchev–Trinajstić information content (AvgIpc) is 3.16. The molecule has 1 fully saturated rings. The van der Waals surface area contributed by atoms with Gasteiger partial charge in [-0.25, -0.2) is 0 Å². The number of ether oxygens (including phenoxy) is 5. The molecule has 0 spiro atoms. The van der Waals surface area contributed by atoms with Crippen molar-refractivity contribution in [2.45, 2.75) is 130 Å². The van der Waals surface area contributed by atoms with Crippen LogP contribution in [0.1, 0.15) is 92.9 Å². The van der Waals surface area contributed by atoms with E-state index in [0.29, 0.717) is 29.4 Å². The first-order chi connectivity index (χ1) is 26.2. The molecule has 1 saturated heterocycles. The maximum absolute atomic E-state index is 13.2. The number of hydrogen-bond donors (Lipinski definition) is 5. The summed E-state index contributed by atoms with van der Waals surface area (Å²) in [6, 6.07) is 7.06. The second-order valence-corrected chi connectivity index (χ2v) is 15.5. The van der Waals surface area contributed by atoms with Gasteiger partial charge in [-0.15, -0.1) is 0 Å². The van der Waals surface area contributed by atoms with Crippen molar-refractivity contribution in [3.05, 3.63) is 52.2 Å². The Morgan fingerprint density at radius 1 is 0.873 bits per heavy atom. The van der Waals surface area contributed by atoms with E-state index in [1.807, 2.05) is 19.9 Å². The first-order valence-corrected chi connectivity index (χ1v) is 19.5. The van der Waals surface area contributed by atoms with Crippen molar-refractivity contribution in [2.24, 2.45) is 17.8 Å². The van der Waals surface area contributed by atoms with Gasteiger partial charge >= 0.3 is 0 Å². The molecule has 306 valence electrons. The van der Waals surface area contributed by atoms with E-state index in [2.05, 4.69) is 27.7 Å². The number of hydrogen-bond acceptors (Lipinski definition) is 12. The first-order valence-electron chi connectivity index (χ1n) is 19.5. The number of aromatic hydroxyl groups is 2. The van der Waals surface area contributed by atoms with Crippen molar-refractivity contribution in [3.63, 3.8) is 0 Å². The van der Waals surface area contributed by atoms with Gasteiger partial charge in [-0.05, 0) is 68.2 Å². The fraction of sp³-hybridized carbons (Fsp3) is 0.605. The molecule has 1 aliphatic rings. The van der Waals surface area contributed by atoms with Gasteiger partial charge in [0, 0.05) is 17.7 Å². The summed E-state index contributed by atoms with van der Waals surface area (Å²) in [4.78, 5) is 13.2. The van der Waals surface area contributed by atoms with Gasteiger partial charge in [0.25, 0.3) is 0 Å². The Morgan fingerprint density at radius 2 is 1.53 bits per heavy atom. The number of allylic oxidation sites excluding steroid dienone is 1. The van der Waals surface area contributed by atoms with Crippen molar-refractivity contribution >= 4 is 11.0 Å². The molecule has 0 radical (unpaired) electrons. The van der Waals surface area contributed by atoms with Gasteiger partial charge in [-0.2, -0.15) is 0 Å². The summed E-state index contributed by atoms with van der Waals surface area (Å²) in [6.45, 7) is 12.5. The van der Waals surface area contributed by atoms with Crippen molar-refractivity contribution < 1.29 is 53.6 Å². The summed E-state index contributed by atoms with van der Waals surface area (Å²) in [7, 11) is 2.91. The van der Waals surface area contributed by atoms with Gasteiger partial charge in [0.2, 0.25) is 17.5 Å². The molecule has 55 heavy (non-hydrogen) atoms. The lowest BCUT2D eigenvalue weighted by molar-refractivity contribution is -0.290. The molecule has 2 aromatic carbocycles. The van der Waals surface area contributed by atoms with E-state index < -0.39 is 54.2 Å². The van der Waals surface area contributed by atoms with Crippen LogP contribution in [0.25, 0.3) is 22.3 Å². The van der Waals surface area contributed by atoms with Crippen LogP contribution in [0.4, 0.5) is 0 Å². The molecular weight excluding hydrogens is 708 g/mol. The fourth-order valence-corrected chi connectivity index (χ4v) is 7.15. The number of phenols is 1. The normalized spacial score (nSPS) is 22.1. The highest BCUT2D eigenvalue weighted by atomic mass is 16.7. The monoisotopic (exact) mass is 770 g/mol. The summed E-state index contributed by atoms with van der Waals surface area (Å²) < 4.78 is 34.8. The number of methoxy groups -OCH3 is 2. The number of benzene rings is 2. The van der Waals surface area contributed by atoms with Gasteiger partial charge < -0.3 is 53.6 Å². The fourth-order valence-electron chi connectivity index (χ4n) is 7.15. The van der Waals surface area contributed by atoms with E-state index >= 15 is 0 Å². The Morgan fingerprint density at radius 3 is 2.15 bits per heavy atom. The molecule has 12 heteroatoms. The molecule has 0 saturated carbocycles. The molecule has 1 aromatic heterocycles. The molecular formula is C43H62O12. The third kappa shape index (κ3) is 11.2. The lowest BCUT2D eigenvalue weighted by Gasteiger charge is -2.43. The van der Waals surface area contributed by atoms with Crippen LogP contribution in [0.15, 0.2) is 51.2 Å². The Balaban J connectivity index is 1.45. The SMILES string of the molecule is C/C=C(\C)[C@@H](CCC(C)CCCC(C)CCCC(C)C)OC1C(CO)OC(Oc2cc(O)c3c(=O)c(O)c(-c4ccc(OC)c(OC)c4)oc3c2)C(O)C1O. The van der Waals surface area contributed by atoms with Crippen LogP contribution in [-0.4, -0.2) is 83.2 Å². The third-order valence-corrected chi connectivity index (χ3v) is 10.7. The van der Waals surface area contributed by atoms with Crippen molar-refractivity contribution in [3.8, 4) is 40.1 Å². The molecule has 0 bridgehead atoms. The molecule has 2 heterocycles. The highest BCUT2D eigenvalue weighted by Crippen LogP contribution is 2.39. The van der Waals surface area contributed by atoms with Crippen LogP contribution in [0.2, 0.25) is 0 Å². The number of aliphatic hydroxyl groups is 3. The van der Waals surface area contributed by atoms with Crippen molar-refractivity contribution in [2.75, 3.05) is 20.8 Å². The quantitative estimate of drug-likeness (QED) is 0.0717. The van der Waals surface area contributed by atoms with E-state index in [-0.39, 0.29) is 28.6 Å². The maximum Gasteiger partial charge on any atom is 0.238 e. The minimum atomic E-state index is -1.62. The maximum atomic E-state index is 13.2. The van der Waals surface area contributed by atoms with Crippen LogP contribution in [0, 0.1) is 17.8 Å². The third-order valence-electron chi connectivity index (χ3n) is 10.7. The number of aliphatic hydroxyl groups excluding tert-OH is 3. The highest BCUT2D eigenvalue weighted by Gasteiger charge is 2.47. The smallest absolute Gasteiger partial charge is 0.238 e. The van der Waals surface area contributed by atoms with E-state index in [1.165, 1.54) is 58.5 Å². The Bertz CT molecular complexity index is 1760. The first kappa shape index (κ1) is 43.9. The van der Waals surface area contributed by atoms with E-state index in [1.54, 1.807) is 12.1 Å². The van der Waals surface area contributed by atoms with Crippen LogP contribution >= 0.6 is 0 Å². The van der Waals surface area contributed by atoms with Gasteiger partial charge in [0.05, 0.1) is 26.9 Å². The molecule has 0 amide bonds. The van der Waals surface area contributed by atoms with Gasteiger partial charge in [0.15, 0.2) is 17.3 Å². The van der Waals surface area contributed by atoms with Crippen LogP contribution in [0.3, 0.4) is 0 Å². The topological polar surface area (TPSA) is 178 Å². The lowest BCUT2D eigenvalue weighted by Crippen LogP contribution is -2.61. The van der Waals surface area contributed by atoms with Crippen molar-refractivity contribution in [1.29, 1.82) is 0 Å². The second kappa shape index (κ2) is 20.4. The van der Waals surface area contributed by atoms with Crippen LogP contribution in [0.5, 0.6) is 28.7 Å². The molecule has 7 unspecified atom stereocenters. The molecule has 12 nitrogen and oxygen atoms in total. The van der Waals surface area contributed by atoms with E-state index in [9.17, 15) is 30.3 Å². The largest absolute Gasteiger partial charge is 0.507 e. The Hall–Kier alpha value is -3.81.